The largest absolute Gasteiger partial charge is 0.378 e. The van der Waals surface area contributed by atoms with Crippen LogP contribution in [-0.2, 0) is 14.8 Å². The van der Waals surface area contributed by atoms with E-state index in [0.29, 0.717) is 32.3 Å². The highest BCUT2D eigenvalue weighted by Crippen LogP contribution is 2.23. The molecule has 8 nitrogen and oxygen atoms in total. The first kappa shape index (κ1) is 20.9. The van der Waals surface area contributed by atoms with Gasteiger partial charge < -0.3 is 14.5 Å². The number of hydrogen-bond acceptors (Lipinski definition) is 7. The molecule has 1 aromatic heterocycles. The minimum atomic E-state index is -3.90. The maximum atomic E-state index is 13.5. The number of nitrogens with zero attached hydrogens (tertiary/aromatic N) is 5. The molecule has 30 heavy (non-hydrogen) atoms. The van der Waals surface area contributed by atoms with Crippen LogP contribution in [0.25, 0.3) is 0 Å². The molecule has 0 bridgehead atoms. The van der Waals surface area contributed by atoms with Crippen molar-refractivity contribution in [3.63, 3.8) is 0 Å². The number of morpholine rings is 1. The lowest BCUT2D eigenvalue weighted by molar-refractivity contribution is 0.122. The van der Waals surface area contributed by atoms with E-state index in [-0.39, 0.29) is 18.0 Å². The molecule has 0 spiro atoms. The third-order valence-electron chi connectivity index (χ3n) is 5.21. The van der Waals surface area contributed by atoms with Gasteiger partial charge in [-0.05, 0) is 25.1 Å². The highest BCUT2D eigenvalue weighted by atomic mass is 32.2. The van der Waals surface area contributed by atoms with Gasteiger partial charge in [-0.25, -0.2) is 22.2 Å². The third kappa shape index (κ3) is 4.23. The second-order valence-corrected chi connectivity index (χ2v) is 9.17. The van der Waals surface area contributed by atoms with E-state index in [1.54, 1.807) is 0 Å². The van der Waals surface area contributed by atoms with E-state index in [1.165, 1.54) is 4.31 Å². The topological polar surface area (TPSA) is 78.9 Å². The van der Waals surface area contributed by atoms with Gasteiger partial charge in [-0.1, -0.05) is 0 Å². The van der Waals surface area contributed by atoms with Crippen LogP contribution in [0.2, 0.25) is 0 Å². The number of halogens is 2. The fourth-order valence-electron chi connectivity index (χ4n) is 3.55. The molecular formula is C19H23F2N5O3S. The first-order chi connectivity index (χ1) is 14.3. The first-order valence-corrected chi connectivity index (χ1v) is 11.2. The van der Waals surface area contributed by atoms with E-state index in [1.807, 2.05) is 17.9 Å². The summed E-state index contributed by atoms with van der Waals surface area (Å²) < 4.78 is 58.9. The number of ether oxygens (including phenoxy) is 1. The van der Waals surface area contributed by atoms with Gasteiger partial charge in [0.2, 0.25) is 16.0 Å². The number of benzene rings is 1. The Kier molecular flexibility index (Phi) is 5.85. The quantitative estimate of drug-likeness (QED) is 0.713. The molecule has 3 heterocycles. The highest BCUT2D eigenvalue weighted by Gasteiger charge is 2.30. The molecular weight excluding hydrogens is 416 g/mol. The number of anilines is 2. The van der Waals surface area contributed by atoms with E-state index < -0.39 is 21.7 Å². The van der Waals surface area contributed by atoms with Crippen molar-refractivity contribution >= 4 is 21.8 Å². The van der Waals surface area contributed by atoms with Gasteiger partial charge in [0, 0.05) is 51.0 Å². The van der Waals surface area contributed by atoms with Crippen molar-refractivity contribution in [3.8, 4) is 0 Å². The average Bonchev–Trinajstić information content (AvgIpc) is 2.76. The maximum Gasteiger partial charge on any atom is 0.243 e. The second-order valence-electron chi connectivity index (χ2n) is 7.23. The summed E-state index contributed by atoms with van der Waals surface area (Å²) in [6.45, 7) is 5.92. The van der Waals surface area contributed by atoms with Crippen LogP contribution in [0.15, 0.2) is 29.2 Å². The second kappa shape index (κ2) is 8.40. The third-order valence-corrected chi connectivity index (χ3v) is 7.11. The molecule has 162 valence electrons. The number of rotatable bonds is 4. The molecule has 1 aromatic carbocycles. The number of aryl methyl sites for hydroxylation is 1. The predicted octanol–water partition coefficient (Wildman–Crippen LogP) is 1.41. The highest BCUT2D eigenvalue weighted by molar-refractivity contribution is 7.89. The molecule has 0 atom stereocenters. The molecule has 0 radical (unpaired) electrons. The van der Waals surface area contributed by atoms with Crippen LogP contribution in [0.3, 0.4) is 0 Å². The molecule has 0 aliphatic carbocycles. The van der Waals surface area contributed by atoms with Gasteiger partial charge in [0.05, 0.1) is 18.1 Å². The lowest BCUT2D eigenvalue weighted by atomic mass is 10.3. The summed E-state index contributed by atoms with van der Waals surface area (Å²) in [4.78, 5) is 13.0. The molecule has 0 unspecified atom stereocenters. The molecule has 0 saturated carbocycles. The summed E-state index contributed by atoms with van der Waals surface area (Å²) in [7, 11) is -3.90. The first-order valence-electron chi connectivity index (χ1n) is 9.73. The van der Waals surface area contributed by atoms with Gasteiger partial charge in [0.25, 0.3) is 0 Å². The van der Waals surface area contributed by atoms with E-state index >= 15 is 0 Å². The molecule has 2 saturated heterocycles. The number of piperazine rings is 1. The zero-order valence-electron chi connectivity index (χ0n) is 16.6. The number of sulfonamides is 1. The number of hydrogen-bond donors (Lipinski definition) is 0. The Bertz CT molecular complexity index is 1020. The van der Waals surface area contributed by atoms with Crippen LogP contribution in [0.5, 0.6) is 0 Å². The molecule has 0 amide bonds. The van der Waals surface area contributed by atoms with Crippen LogP contribution in [0.1, 0.15) is 5.69 Å². The van der Waals surface area contributed by atoms with Gasteiger partial charge in [-0.3, -0.25) is 0 Å². The Morgan fingerprint density at radius 2 is 1.60 bits per heavy atom. The molecule has 2 aliphatic rings. The van der Waals surface area contributed by atoms with Crippen molar-refractivity contribution in [1.82, 2.24) is 14.3 Å². The van der Waals surface area contributed by atoms with Crippen molar-refractivity contribution in [2.45, 2.75) is 11.8 Å². The zero-order valence-corrected chi connectivity index (χ0v) is 17.4. The Morgan fingerprint density at radius 3 is 2.27 bits per heavy atom. The Labute approximate surface area is 174 Å². The molecule has 2 aliphatic heterocycles. The van der Waals surface area contributed by atoms with Gasteiger partial charge >= 0.3 is 0 Å². The summed E-state index contributed by atoms with van der Waals surface area (Å²) in [5, 5.41) is 0. The van der Waals surface area contributed by atoms with Crippen LogP contribution in [-0.4, -0.2) is 75.2 Å². The Balaban J connectivity index is 1.48. The SMILES string of the molecule is Cc1cc(N2CCOCC2)nc(N2CCN(S(=O)(=O)c3ccc(F)c(F)c3)CC2)n1. The smallest absolute Gasteiger partial charge is 0.243 e. The summed E-state index contributed by atoms with van der Waals surface area (Å²) >= 11 is 0. The van der Waals surface area contributed by atoms with E-state index in [0.717, 1.165) is 42.8 Å². The number of aromatic nitrogens is 2. The van der Waals surface area contributed by atoms with Crippen molar-refractivity contribution in [3.05, 3.63) is 41.6 Å². The lowest BCUT2D eigenvalue weighted by Crippen LogP contribution is -2.49. The van der Waals surface area contributed by atoms with E-state index in [2.05, 4.69) is 14.9 Å². The summed E-state index contributed by atoms with van der Waals surface area (Å²) in [6, 6.07) is 4.55. The van der Waals surface area contributed by atoms with Gasteiger partial charge in [0.15, 0.2) is 11.6 Å². The van der Waals surface area contributed by atoms with E-state index in [4.69, 9.17) is 4.74 Å². The molecule has 0 N–H and O–H groups in total. The van der Waals surface area contributed by atoms with Crippen molar-refractivity contribution in [1.29, 1.82) is 0 Å². The van der Waals surface area contributed by atoms with Crippen LogP contribution >= 0.6 is 0 Å². The normalized spacial score (nSPS) is 18.6. The Hall–Kier alpha value is -2.37. The predicted molar refractivity (Wildman–Crippen MR) is 107 cm³/mol. The van der Waals surface area contributed by atoms with Crippen molar-refractivity contribution in [2.24, 2.45) is 0 Å². The molecule has 4 rings (SSSR count). The monoisotopic (exact) mass is 439 g/mol. The van der Waals surface area contributed by atoms with Crippen LogP contribution < -0.4 is 9.80 Å². The fraction of sp³-hybridized carbons (Fsp3) is 0.474. The van der Waals surface area contributed by atoms with Gasteiger partial charge in [-0.2, -0.15) is 9.29 Å². The van der Waals surface area contributed by atoms with Crippen molar-refractivity contribution < 1.29 is 21.9 Å². The minimum Gasteiger partial charge on any atom is -0.378 e. The molecule has 2 aromatic rings. The Morgan fingerprint density at radius 1 is 0.900 bits per heavy atom. The standard InChI is InChI=1S/C19H23F2N5O3S/c1-14-12-18(24-8-10-29-11-9-24)23-19(22-14)25-4-6-26(7-5-25)30(27,28)15-2-3-16(20)17(21)13-15/h2-3,12-13H,4-11H2,1H3. The van der Waals surface area contributed by atoms with Crippen LogP contribution in [0, 0.1) is 18.6 Å². The summed E-state index contributed by atoms with van der Waals surface area (Å²) in [5.41, 5.74) is 0.832. The average molecular weight is 439 g/mol. The van der Waals surface area contributed by atoms with E-state index in [9.17, 15) is 17.2 Å². The minimum absolute atomic E-state index is 0.200. The van der Waals surface area contributed by atoms with Gasteiger partial charge in [0.1, 0.15) is 5.82 Å². The lowest BCUT2D eigenvalue weighted by Gasteiger charge is -2.35. The fourth-order valence-corrected chi connectivity index (χ4v) is 4.98. The van der Waals surface area contributed by atoms with Gasteiger partial charge in [-0.15, -0.1) is 0 Å². The zero-order chi connectivity index (χ0) is 21.3. The summed E-state index contributed by atoms with van der Waals surface area (Å²) in [5.74, 6) is -0.871. The van der Waals surface area contributed by atoms with Crippen LogP contribution in [0.4, 0.5) is 20.5 Å². The summed E-state index contributed by atoms with van der Waals surface area (Å²) in [6.07, 6.45) is 0. The van der Waals surface area contributed by atoms with Crippen molar-refractivity contribution in [2.75, 3.05) is 62.3 Å². The maximum absolute atomic E-state index is 13.5. The molecule has 2 fully saturated rings. The molecule has 11 heteroatoms.